The zero-order valence-electron chi connectivity index (χ0n) is 8.16. The third kappa shape index (κ3) is 1.89. The van der Waals surface area contributed by atoms with Gasteiger partial charge >= 0.3 is 0 Å². The number of carbonyl (C=O) groups excluding carboxylic acids is 1. The molecule has 70 valence electrons. The second-order valence-corrected chi connectivity index (χ2v) is 3.54. The van der Waals surface area contributed by atoms with E-state index >= 15 is 0 Å². The predicted molar refractivity (Wildman–Crippen MR) is 52.3 cm³/mol. The number of aldehydes is 1. The molecule has 0 radical (unpaired) electrons. The summed E-state index contributed by atoms with van der Waals surface area (Å²) >= 11 is 0. The molecule has 0 aromatic heterocycles. The van der Waals surface area contributed by atoms with Crippen molar-refractivity contribution < 1.29 is 9.90 Å². The quantitative estimate of drug-likeness (QED) is 0.707. The number of phenols is 1. The summed E-state index contributed by atoms with van der Waals surface area (Å²) in [5.74, 6) is 0.488. The third-order valence-corrected chi connectivity index (χ3v) is 2.16. The fourth-order valence-electron chi connectivity index (χ4n) is 1.32. The van der Waals surface area contributed by atoms with Gasteiger partial charge in [-0.15, -0.1) is 0 Å². The molecule has 0 spiro atoms. The second-order valence-electron chi connectivity index (χ2n) is 3.54. The van der Waals surface area contributed by atoms with Crippen molar-refractivity contribution in [2.45, 2.75) is 26.7 Å². The van der Waals surface area contributed by atoms with Crippen LogP contribution in [-0.4, -0.2) is 11.4 Å². The van der Waals surface area contributed by atoms with E-state index in [9.17, 15) is 9.90 Å². The lowest BCUT2D eigenvalue weighted by molar-refractivity contribution is 0.112. The van der Waals surface area contributed by atoms with Gasteiger partial charge in [0.15, 0.2) is 0 Å². The van der Waals surface area contributed by atoms with E-state index in [1.165, 1.54) is 6.07 Å². The number of hydrogen-bond donors (Lipinski definition) is 1. The molecule has 13 heavy (non-hydrogen) atoms. The molecule has 0 atom stereocenters. The summed E-state index contributed by atoms with van der Waals surface area (Å²) in [7, 11) is 0. The summed E-state index contributed by atoms with van der Waals surface area (Å²) in [6.45, 7) is 5.89. The predicted octanol–water partition coefficient (Wildman–Crippen LogP) is 2.64. The van der Waals surface area contributed by atoms with Gasteiger partial charge in [-0.3, -0.25) is 4.79 Å². The fraction of sp³-hybridized carbons (Fsp3) is 0.364. The molecule has 1 aromatic carbocycles. The third-order valence-electron chi connectivity index (χ3n) is 2.16. The average molecular weight is 178 g/mol. The Hall–Kier alpha value is -1.31. The number of carbonyl (C=O) groups is 1. The number of hydrogen-bond acceptors (Lipinski definition) is 2. The molecule has 2 heteroatoms. The van der Waals surface area contributed by atoms with E-state index in [1.807, 2.05) is 26.8 Å². The smallest absolute Gasteiger partial charge is 0.150 e. The minimum atomic E-state index is 0.211. The van der Waals surface area contributed by atoms with Crippen molar-refractivity contribution in [3.05, 3.63) is 28.8 Å². The normalized spacial score (nSPS) is 10.5. The van der Waals surface area contributed by atoms with Crippen LogP contribution in [0.15, 0.2) is 12.1 Å². The lowest BCUT2D eigenvalue weighted by Gasteiger charge is -2.10. The Morgan fingerprint density at radius 1 is 1.38 bits per heavy atom. The summed E-state index contributed by atoms with van der Waals surface area (Å²) in [5, 5.41) is 9.56. The average Bonchev–Trinajstić information content (AvgIpc) is 2.07. The van der Waals surface area contributed by atoms with Crippen LogP contribution in [0.1, 0.15) is 41.3 Å². The molecule has 0 saturated heterocycles. The van der Waals surface area contributed by atoms with Crippen molar-refractivity contribution in [1.29, 1.82) is 0 Å². The van der Waals surface area contributed by atoms with Gasteiger partial charge in [0.1, 0.15) is 12.0 Å². The molecule has 2 nitrogen and oxygen atoms in total. The Kier molecular flexibility index (Phi) is 2.71. The van der Waals surface area contributed by atoms with Crippen LogP contribution in [0.2, 0.25) is 0 Å². The Bertz CT molecular complexity index is 327. The Balaban J connectivity index is 3.28. The SMILES string of the molecule is Cc1cc(C(C)C)c(O)cc1C=O. The van der Waals surface area contributed by atoms with Crippen molar-refractivity contribution in [3.63, 3.8) is 0 Å². The van der Waals surface area contributed by atoms with E-state index < -0.39 is 0 Å². The van der Waals surface area contributed by atoms with Gasteiger partial charge in [0, 0.05) is 5.56 Å². The summed E-state index contributed by atoms with van der Waals surface area (Å²) in [4.78, 5) is 10.5. The van der Waals surface area contributed by atoms with Crippen LogP contribution < -0.4 is 0 Å². The molecular weight excluding hydrogens is 164 g/mol. The Morgan fingerprint density at radius 3 is 2.46 bits per heavy atom. The summed E-state index contributed by atoms with van der Waals surface area (Å²) in [6.07, 6.45) is 0.763. The van der Waals surface area contributed by atoms with Crippen molar-refractivity contribution in [2.24, 2.45) is 0 Å². The summed E-state index contributed by atoms with van der Waals surface area (Å²) in [5.41, 5.74) is 2.36. The lowest BCUT2D eigenvalue weighted by Crippen LogP contribution is -1.93. The minimum Gasteiger partial charge on any atom is -0.508 e. The topological polar surface area (TPSA) is 37.3 Å². The Morgan fingerprint density at radius 2 is 2.00 bits per heavy atom. The largest absolute Gasteiger partial charge is 0.508 e. The van der Waals surface area contributed by atoms with Gasteiger partial charge in [0.25, 0.3) is 0 Å². The number of aromatic hydroxyl groups is 1. The van der Waals surface area contributed by atoms with Gasteiger partial charge < -0.3 is 5.11 Å². The van der Waals surface area contributed by atoms with E-state index in [-0.39, 0.29) is 11.7 Å². The number of phenolic OH excluding ortho intramolecular Hbond substituents is 1. The van der Waals surface area contributed by atoms with E-state index in [1.54, 1.807) is 0 Å². The first-order valence-corrected chi connectivity index (χ1v) is 4.35. The molecular formula is C11H14O2. The number of benzene rings is 1. The van der Waals surface area contributed by atoms with Crippen molar-refractivity contribution in [1.82, 2.24) is 0 Å². The van der Waals surface area contributed by atoms with Crippen LogP contribution in [-0.2, 0) is 0 Å². The minimum absolute atomic E-state index is 0.211. The first kappa shape index (κ1) is 9.78. The molecule has 0 fully saturated rings. The maximum absolute atomic E-state index is 10.5. The molecule has 0 heterocycles. The maximum Gasteiger partial charge on any atom is 0.150 e. The summed E-state index contributed by atoms with van der Waals surface area (Å²) < 4.78 is 0. The standard InChI is InChI=1S/C11H14O2/c1-7(2)10-4-8(3)9(6-12)5-11(10)13/h4-7,13H,1-3H3. The van der Waals surface area contributed by atoms with Crippen LogP contribution >= 0.6 is 0 Å². The van der Waals surface area contributed by atoms with Crippen LogP contribution in [0.3, 0.4) is 0 Å². The molecule has 0 bridgehead atoms. The maximum atomic E-state index is 10.5. The van der Waals surface area contributed by atoms with Crippen molar-refractivity contribution in [3.8, 4) is 5.75 Å². The van der Waals surface area contributed by atoms with Crippen molar-refractivity contribution >= 4 is 6.29 Å². The molecule has 0 unspecified atom stereocenters. The monoisotopic (exact) mass is 178 g/mol. The molecule has 0 aliphatic carbocycles. The van der Waals surface area contributed by atoms with Crippen molar-refractivity contribution in [2.75, 3.05) is 0 Å². The van der Waals surface area contributed by atoms with Gasteiger partial charge in [-0.1, -0.05) is 19.9 Å². The molecule has 1 N–H and O–H groups in total. The lowest BCUT2D eigenvalue weighted by atomic mass is 9.97. The second kappa shape index (κ2) is 3.60. The Labute approximate surface area is 78.2 Å². The van der Waals surface area contributed by atoms with Crippen LogP contribution in [0.5, 0.6) is 5.75 Å². The van der Waals surface area contributed by atoms with Gasteiger partial charge in [-0.05, 0) is 30.0 Å². The highest BCUT2D eigenvalue weighted by Gasteiger charge is 2.08. The molecule has 1 aromatic rings. The van der Waals surface area contributed by atoms with Crippen LogP contribution in [0.4, 0.5) is 0 Å². The van der Waals surface area contributed by atoms with Crippen LogP contribution in [0.25, 0.3) is 0 Å². The molecule has 0 aliphatic heterocycles. The number of rotatable bonds is 2. The first-order valence-electron chi connectivity index (χ1n) is 4.35. The first-order chi connectivity index (χ1) is 6.06. The van der Waals surface area contributed by atoms with E-state index in [2.05, 4.69) is 0 Å². The van der Waals surface area contributed by atoms with Gasteiger partial charge in [0.2, 0.25) is 0 Å². The zero-order chi connectivity index (χ0) is 10.0. The highest BCUT2D eigenvalue weighted by molar-refractivity contribution is 5.78. The highest BCUT2D eigenvalue weighted by Crippen LogP contribution is 2.27. The van der Waals surface area contributed by atoms with E-state index in [0.29, 0.717) is 5.56 Å². The van der Waals surface area contributed by atoms with Gasteiger partial charge in [0.05, 0.1) is 0 Å². The molecule has 1 rings (SSSR count). The van der Waals surface area contributed by atoms with E-state index in [4.69, 9.17) is 0 Å². The zero-order valence-corrected chi connectivity index (χ0v) is 8.16. The molecule has 0 saturated carbocycles. The van der Waals surface area contributed by atoms with E-state index in [0.717, 1.165) is 17.4 Å². The number of aryl methyl sites for hydroxylation is 1. The highest BCUT2D eigenvalue weighted by atomic mass is 16.3. The van der Waals surface area contributed by atoms with Gasteiger partial charge in [-0.25, -0.2) is 0 Å². The molecule has 0 amide bonds. The van der Waals surface area contributed by atoms with Gasteiger partial charge in [-0.2, -0.15) is 0 Å². The molecule has 0 aliphatic rings. The summed E-state index contributed by atoms with van der Waals surface area (Å²) in [6, 6.07) is 3.39. The fourth-order valence-corrected chi connectivity index (χ4v) is 1.32. The van der Waals surface area contributed by atoms with Crippen LogP contribution in [0, 0.1) is 6.92 Å².